The summed E-state index contributed by atoms with van der Waals surface area (Å²) in [5, 5.41) is 10.8. The lowest BCUT2D eigenvalue weighted by atomic mass is 10.2. The topological polar surface area (TPSA) is 68.9 Å². The number of nitro groups is 1. The zero-order valence-corrected chi connectivity index (χ0v) is 7.60. The van der Waals surface area contributed by atoms with Crippen LogP contribution >= 0.6 is 11.6 Å². The van der Waals surface area contributed by atoms with Gasteiger partial charge in [0.05, 0.1) is 10.4 Å². The van der Waals surface area contributed by atoms with E-state index in [0.29, 0.717) is 5.52 Å². The van der Waals surface area contributed by atoms with Gasteiger partial charge in [0.2, 0.25) is 0 Å². The Kier molecular flexibility index (Phi) is 2.01. The summed E-state index contributed by atoms with van der Waals surface area (Å²) in [6, 6.07) is 3.04. The van der Waals surface area contributed by atoms with Gasteiger partial charge in [-0.1, -0.05) is 11.6 Å². The lowest BCUT2D eigenvalue weighted by molar-refractivity contribution is -0.383. The Bertz CT molecular complexity index is 515. The summed E-state index contributed by atoms with van der Waals surface area (Å²) in [6.07, 6.45) is 2.87. The molecule has 0 amide bonds. The maximum Gasteiger partial charge on any atom is 0.315 e. The molecular weight excluding hydrogens is 206 g/mol. The van der Waals surface area contributed by atoms with Gasteiger partial charge in [0.15, 0.2) is 5.52 Å². The zero-order chi connectivity index (χ0) is 10.1. The third-order valence-electron chi connectivity index (χ3n) is 1.75. The van der Waals surface area contributed by atoms with E-state index >= 15 is 0 Å². The number of nitrogens with zero attached hydrogens (tertiary/aromatic N) is 3. The SMILES string of the molecule is O=[N+]([O-])c1c(Cl)ccc2nccnc12. The van der Waals surface area contributed by atoms with Gasteiger partial charge in [-0.25, -0.2) is 4.98 Å². The lowest BCUT2D eigenvalue weighted by Crippen LogP contribution is -1.93. The van der Waals surface area contributed by atoms with Crippen LogP contribution in [0.25, 0.3) is 11.0 Å². The number of aromatic nitrogens is 2. The van der Waals surface area contributed by atoms with Crippen LogP contribution in [0, 0.1) is 10.1 Å². The smallest absolute Gasteiger partial charge is 0.258 e. The fraction of sp³-hybridized carbons (Fsp3) is 0. The molecular formula is C8H4ClN3O2. The second-order valence-corrected chi connectivity index (χ2v) is 2.98. The van der Waals surface area contributed by atoms with Crippen LogP contribution in [0.5, 0.6) is 0 Å². The quantitative estimate of drug-likeness (QED) is 0.533. The average molecular weight is 210 g/mol. The minimum absolute atomic E-state index is 0.0722. The van der Waals surface area contributed by atoms with Crippen LogP contribution < -0.4 is 0 Å². The van der Waals surface area contributed by atoms with E-state index in [1.807, 2.05) is 0 Å². The average Bonchev–Trinajstić information content (AvgIpc) is 2.17. The molecule has 0 unspecified atom stereocenters. The highest BCUT2D eigenvalue weighted by Gasteiger charge is 2.18. The maximum absolute atomic E-state index is 10.7. The van der Waals surface area contributed by atoms with E-state index in [2.05, 4.69) is 9.97 Å². The molecule has 14 heavy (non-hydrogen) atoms. The molecule has 0 saturated carbocycles. The van der Waals surface area contributed by atoms with Gasteiger partial charge in [-0.3, -0.25) is 15.1 Å². The number of rotatable bonds is 1. The van der Waals surface area contributed by atoms with Crippen LogP contribution in [-0.2, 0) is 0 Å². The third kappa shape index (κ3) is 1.27. The Hall–Kier alpha value is -1.75. The van der Waals surface area contributed by atoms with E-state index in [4.69, 9.17) is 11.6 Å². The van der Waals surface area contributed by atoms with Gasteiger partial charge < -0.3 is 0 Å². The van der Waals surface area contributed by atoms with Crippen molar-refractivity contribution >= 4 is 28.3 Å². The van der Waals surface area contributed by atoms with Crippen molar-refractivity contribution in [3.63, 3.8) is 0 Å². The van der Waals surface area contributed by atoms with Crippen LogP contribution in [0.1, 0.15) is 0 Å². The summed E-state index contributed by atoms with van der Waals surface area (Å²) in [6.45, 7) is 0. The van der Waals surface area contributed by atoms with Crippen molar-refractivity contribution in [2.45, 2.75) is 0 Å². The molecule has 2 rings (SSSR count). The molecule has 0 radical (unpaired) electrons. The minimum atomic E-state index is -0.556. The monoisotopic (exact) mass is 209 g/mol. The van der Waals surface area contributed by atoms with Crippen molar-refractivity contribution in [1.29, 1.82) is 0 Å². The molecule has 0 saturated heterocycles. The summed E-state index contributed by atoms with van der Waals surface area (Å²) in [4.78, 5) is 17.9. The van der Waals surface area contributed by atoms with Crippen LogP contribution in [0.2, 0.25) is 5.02 Å². The van der Waals surface area contributed by atoms with Crippen LogP contribution in [-0.4, -0.2) is 14.9 Å². The summed E-state index contributed by atoms with van der Waals surface area (Å²) in [7, 11) is 0. The van der Waals surface area contributed by atoms with E-state index in [0.717, 1.165) is 0 Å². The molecule has 0 N–H and O–H groups in total. The molecule has 0 bridgehead atoms. The number of benzene rings is 1. The molecule has 70 valence electrons. The summed E-state index contributed by atoms with van der Waals surface area (Å²) >= 11 is 5.69. The first-order chi connectivity index (χ1) is 6.70. The van der Waals surface area contributed by atoms with Gasteiger partial charge in [0, 0.05) is 12.4 Å². The molecule has 6 heteroatoms. The Morgan fingerprint density at radius 3 is 2.71 bits per heavy atom. The molecule has 2 aromatic rings. The van der Waals surface area contributed by atoms with E-state index in [1.54, 1.807) is 6.07 Å². The van der Waals surface area contributed by atoms with E-state index in [1.165, 1.54) is 18.5 Å². The molecule has 0 aliphatic rings. The highest BCUT2D eigenvalue weighted by atomic mass is 35.5. The Labute approximate surface area is 83.5 Å². The summed E-state index contributed by atoms with van der Waals surface area (Å²) in [5.41, 5.74) is 0.478. The van der Waals surface area contributed by atoms with Gasteiger partial charge in [0.1, 0.15) is 5.02 Å². The number of hydrogen-bond acceptors (Lipinski definition) is 4. The minimum Gasteiger partial charge on any atom is -0.258 e. The lowest BCUT2D eigenvalue weighted by Gasteiger charge is -1.98. The third-order valence-corrected chi connectivity index (χ3v) is 2.05. The fourth-order valence-electron chi connectivity index (χ4n) is 1.17. The number of nitro benzene ring substituents is 1. The van der Waals surface area contributed by atoms with Crippen molar-refractivity contribution in [2.24, 2.45) is 0 Å². The highest BCUT2D eigenvalue weighted by Crippen LogP contribution is 2.30. The van der Waals surface area contributed by atoms with Crippen LogP contribution in [0.3, 0.4) is 0 Å². The van der Waals surface area contributed by atoms with E-state index in [9.17, 15) is 10.1 Å². The molecule has 1 aromatic heterocycles. The normalized spacial score (nSPS) is 10.4. The van der Waals surface area contributed by atoms with Crippen molar-refractivity contribution < 1.29 is 4.92 Å². The number of fused-ring (bicyclic) bond motifs is 1. The molecule has 0 spiro atoms. The predicted molar refractivity (Wildman–Crippen MR) is 51.2 cm³/mol. The second kappa shape index (κ2) is 3.19. The van der Waals surface area contributed by atoms with Crippen molar-refractivity contribution in [3.05, 3.63) is 39.7 Å². The van der Waals surface area contributed by atoms with E-state index in [-0.39, 0.29) is 16.2 Å². The van der Waals surface area contributed by atoms with Crippen molar-refractivity contribution in [2.75, 3.05) is 0 Å². The first kappa shape index (κ1) is 8.83. The summed E-state index contributed by atoms with van der Waals surface area (Å²) < 4.78 is 0. The van der Waals surface area contributed by atoms with Crippen LogP contribution in [0.15, 0.2) is 24.5 Å². The largest absolute Gasteiger partial charge is 0.315 e. The molecule has 0 aliphatic heterocycles. The second-order valence-electron chi connectivity index (χ2n) is 2.58. The molecule has 5 nitrogen and oxygen atoms in total. The Morgan fingerprint density at radius 1 is 1.29 bits per heavy atom. The zero-order valence-electron chi connectivity index (χ0n) is 6.85. The van der Waals surface area contributed by atoms with Gasteiger partial charge in [-0.15, -0.1) is 0 Å². The van der Waals surface area contributed by atoms with Crippen LogP contribution in [0.4, 0.5) is 5.69 Å². The van der Waals surface area contributed by atoms with Crippen molar-refractivity contribution in [1.82, 2.24) is 9.97 Å². The Morgan fingerprint density at radius 2 is 2.00 bits per heavy atom. The molecule has 0 atom stereocenters. The predicted octanol–water partition coefficient (Wildman–Crippen LogP) is 2.19. The molecule has 0 aliphatic carbocycles. The Balaban J connectivity index is 2.90. The van der Waals surface area contributed by atoms with E-state index < -0.39 is 4.92 Å². The van der Waals surface area contributed by atoms with Crippen molar-refractivity contribution in [3.8, 4) is 0 Å². The fourth-order valence-corrected chi connectivity index (χ4v) is 1.39. The number of hydrogen-bond donors (Lipinski definition) is 0. The summed E-state index contributed by atoms with van der Waals surface area (Å²) in [5.74, 6) is 0. The van der Waals surface area contributed by atoms with Gasteiger partial charge in [0.25, 0.3) is 0 Å². The van der Waals surface area contributed by atoms with Gasteiger partial charge >= 0.3 is 5.69 Å². The molecule has 0 fully saturated rings. The molecule has 1 heterocycles. The van der Waals surface area contributed by atoms with Gasteiger partial charge in [-0.2, -0.15) is 0 Å². The van der Waals surface area contributed by atoms with Gasteiger partial charge in [-0.05, 0) is 12.1 Å². The first-order valence-corrected chi connectivity index (χ1v) is 4.11. The highest BCUT2D eigenvalue weighted by molar-refractivity contribution is 6.33. The number of halogens is 1. The standard InChI is InChI=1S/C8H4ClN3O2/c9-5-1-2-6-7(8(5)12(13)14)11-4-3-10-6/h1-4H. The first-order valence-electron chi connectivity index (χ1n) is 3.74. The maximum atomic E-state index is 10.7. The molecule has 1 aromatic carbocycles.